The Labute approximate surface area is 113 Å². The third-order valence-electron chi connectivity index (χ3n) is 2.74. The van der Waals surface area contributed by atoms with Gasteiger partial charge in [0.15, 0.2) is 0 Å². The maximum Gasteiger partial charge on any atom is 0.253 e. The highest BCUT2D eigenvalue weighted by Gasteiger charge is 2.19. The lowest BCUT2D eigenvalue weighted by molar-refractivity contribution is 0.0521. The summed E-state index contributed by atoms with van der Waals surface area (Å²) < 4.78 is 0. The van der Waals surface area contributed by atoms with E-state index in [0.717, 1.165) is 32.4 Å². The zero-order chi connectivity index (χ0) is 14.1. The van der Waals surface area contributed by atoms with Crippen LogP contribution in [-0.4, -0.2) is 26.2 Å². The number of hydrogen-bond acceptors (Lipinski definition) is 6. The molecular weight excluding hydrogens is 246 g/mol. The van der Waals surface area contributed by atoms with Crippen LogP contribution in [0.2, 0.25) is 0 Å². The molecule has 0 fully saturated rings. The average molecular weight is 269 g/mol. The molecule has 0 aromatic heterocycles. The third kappa shape index (κ3) is 4.65. The molecule has 3 N–H and O–H groups in total. The lowest BCUT2D eigenvalue weighted by Gasteiger charge is -2.14. The lowest BCUT2D eigenvalue weighted by Crippen LogP contribution is -2.38. The van der Waals surface area contributed by atoms with Crippen molar-refractivity contribution in [1.29, 1.82) is 0 Å². The highest BCUT2D eigenvalue weighted by molar-refractivity contribution is 5.73. The second kappa shape index (κ2) is 8.66. The van der Waals surface area contributed by atoms with Gasteiger partial charge in [-0.15, -0.1) is 0 Å². The van der Waals surface area contributed by atoms with Crippen LogP contribution in [0.25, 0.3) is 0 Å². The first kappa shape index (κ1) is 15.7. The molecule has 0 heterocycles. The Morgan fingerprint density at radius 3 is 2.16 bits per heavy atom. The van der Waals surface area contributed by atoms with Crippen molar-refractivity contribution in [1.82, 2.24) is 5.48 Å². The normalized spacial score (nSPS) is 10.8. The SMILES string of the molecule is CCCCCNc1c(NCCONCC)c(=O)c1=O. The summed E-state index contributed by atoms with van der Waals surface area (Å²) in [7, 11) is 0. The number of nitrogens with one attached hydrogen (secondary N) is 3. The molecule has 0 aliphatic heterocycles. The smallest absolute Gasteiger partial charge is 0.253 e. The Kier molecular flexibility index (Phi) is 7.14. The van der Waals surface area contributed by atoms with Crippen molar-refractivity contribution in [3.05, 3.63) is 20.4 Å². The van der Waals surface area contributed by atoms with Crippen LogP contribution in [0.3, 0.4) is 0 Å². The van der Waals surface area contributed by atoms with E-state index in [9.17, 15) is 9.59 Å². The van der Waals surface area contributed by atoms with Crippen molar-refractivity contribution in [3.63, 3.8) is 0 Å². The van der Waals surface area contributed by atoms with Gasteiger partial charge < -0.3 is 10.6 Å². The van der Waals surface area contributed by atoms with Gasteiger partial charge in [0.05, 0.1) is 6.61 Å². The molecule has 1 rings (SSSR count). The van der Waals surface area contributed by atoms with Crippen LogP contribution in [0.4, 0.5) is 11.4 Å². The molecule has 0 amide bonds. The van der Waals surface area contributed by atoms with Crippen LogP contribution in [0.5, 0.6) is 0 Å². The van der Waals surface area contributed by atoms with Gasteiger partial charge in [-0.05, 0) is 6.42 Å². The molecule has 0 radical (unpaired) electrons. The maximum atomic E-state index is 11.4. The van der Waals surface area contributed by atoms with Gasteiger partial charge in [0, 0.05) is 19.6 Å². The number of anilines is 2. The van der Waals surface area contributed by atoms with Crippen LogP contribution in [0, 0.1) is 0 Å². The highest BCUT2D eigenvalue weighted by Crippen LogP contribution is 2.13. The first-order chi connectivity index (χ1) is 9.22. The van der Waals surface area contributed by atoms with Gasteiger partial charge in [-0.25, -0.2) is 5.48 Å². The Balaban J connectivity index is 2.34. The van der Waals surface area contributed by atoms with Crippen molar-refractivity contribution >= 4 is 11.4 Å². The summed E-state index contributed by atoms with van der Waals surface area (Å²) in [6, 6.07) is 0. The van der Waals surface area contributed by atoms with Crippen molar-refractivity contribution in [2.75, 3.05) is 36.9 Å². The van der Waals surface area contributed by atoms with Gasteiger partial charge in [-0.3, -0.25) is 14.4 Å². The van der Waals surface area contributed by atoms with Gasteiger partial charge in [-0.2, -0.15) is 0 Å². The van der Waals surface area contributed by atoms with Crippen molar-refractivity contribution in [2.45, 2.75) is 33.1 Å². The molecule has 0 unspecified atom stereocenters. The molecule has 0 saturated carbocycles. The number of hydroxylamine groups is 1. The van der Waals surface area contributed by atoms with E-state index in [1.165, 1.54) is 0 Å². The lowest BCUT2D eigenvalue weighted by atomic mass is 10.1. The Hall–Kier alpha value is -1.40. The summed E-state index contributed by atoms with van der Waals surface area (Å²) in [6.07, 6.45) is 3.24. The third-order valence-corrected chi connectivity index (χ3v) is 2.74. The fourth-order valence-electron chi connectivity index (χ4n) is 1.72. The van der Waals surface area contributed by atoms with E-state index in [1.807, 2.05) is 6.92 Å². The van der Waals surface area contributed by atoms with E-state index in [2.05, 4.69) is 23.0 Å². The van der Waals surface area contributed by atoms with Crippen molar-refractivity contribution < 1.29 is 4.84 Å². The minimum atomic E-state index is -0.443. The van der Waals surface area contributed by atoms with Crippen molar-refractivity contribution in [2.24, 2.45) is 0 Å². The summed E-state index contributed by atoms with van der Waals surface area (Å²) in [6.45, 7) is 6.42. The molecule has 1 aromatic carbocycles. The predicted molar refractivity (Wildman–Crippen MR) is 77.5 cm³/mol. The molecule has 0 aliphatic carbocycles. The van der Waals surface area contributed by atoms with Gasteiger partial charge in [-0.1, -0.05) is 26.7 Å². The summed E-state index contributed by atoms with van der Waals surface area (Å²) in [5.41, 5.74) is 2.66. The van der Waals surface area contributed by atoms with E-state index in [4.69, 9.17) is 4.84 Å². The summed E-state index contributed by atoms with van der Waals surface area (Å²) in [4.78, 5) is 27.9. The molecule has 1 aromatic rings. The topological polar surface area (TPSA) is 79.5 Å². The Bertz CT molecular complexity index is 438. The largest absolute Gasteiger partial charge is 0.380 e. The number of rotatable bonds is 11. The molecule has 19 heavy (non-hydrogen) atoms. The Morgan fingerprint density at radius 1 is 0.947 bits per heavy atom. The second-order valence-corrected chi connectivity index (χ2v) is 4.32. The van der Waals surface area contributed by atoms with Gasteiger partial charge in [0.2, 0.25) is 0 Å². The minimum absolute atomic E-state index is 0.390. The number of unbranched alkanes of at least 4 members (excludes halogenated alkanes) is 2. The second-order valence-electron chi connectivity index (χ2n) is 4.32. The highest BCUT2D eigenvalue weighted by atomic mass is 16.6. The van der Waals surface area contributed by atoms with Crippen LogP contribution < -0.4 is 27.0 Å². The maximum absolute atomic E-state index is 11.4. The van der Waals surface area contributed by atoms with Crippen molar-refractivity contribution in [3.8, 4) is 0 Å². The van der Waals surface area contributed by atoms with Crippen LogP contribution in [0.1, 0.15) is 33.1 Å². The minimum Gasteiger partial charge on any atom is -0.380 e. The molecule has 0 bridgehead atoms. The number of hydrogen-bond donors (Lipinski definition) is 3. The van der Waals surface area contributed by atoms with Gasteiger partial charge in [0.25, 0.3) is 10.9 Å². The van der Waals surface area contributed by atoms with Crippen LogP contribution >= 0.6 is 0 Å². The first-order valence-corrected chi connectivity index (χ1v) is 6.88. The van der Waals surface area contributed by atoms with E-state index >= 15 is 0 Å². The molecule has 108 valence electrons. The van der Waals surface area contributed by atoms with E-state index < -0.39 is 10.9 Å². The fourth-order valence-corrected chi connectivity index (χ4v) is 1.72. The van der Waals surface area contributed by atoms with Gasteiger partial charge in [0.1, 0.15) is 11.4 Å². The fraction of sp³-hybridized carbons (Fsp3) is 0.692. The average Bonchev–Trinajstić information content (AvgIpc) is 2.43. The quantitative estimate of drug-likeness (QED) is 0.314. The van der Waals surface area contributed by atoms with Crippen LogP contribution in [0.15, 0.2) is 9.59 Å². The van der Waals surface area contributed by atoms with Crippen LogP contribution in [-0.2, 0) is 4.84 Å². The molecule has 6 nitrogen and oxygen atoms in total. The molecule has 6 heteroatoms. The first-order valence-electron chi connectivity index (χ1n) is 6.88. The predicted octanol–water partition coefficient (Wildman–Crippen LogP) is 0.838. The zero-order valence-electron chi connectivity index (χ0n) is 11.7. The summed E-state index contributed by atoms with van der Waals surface area (Å²) in [5, 5.41) is 5.96. The van der Waals surface area contributed by atoms with E-state index in [1.54, 1.807) is 0 Å². The Morgan fingerprint density at radius 2 is 1.58 bits per heavy atom. The monoisotopic (exact) mass is 269 g/mol. The molecular formula is C13H23N3O3. The van der Waals surface area contributed by atoms with E-state index in [-0.39, 0.29) is 0 Å². The molecule has 0 saturated heterocycles. The molecule has 0 spiro atoms. The van der Waals surface area contributed by atoms with E-state index in [0.29, 0.717) is 24.5 Å². The zero-order valence-corrected chi connectivity index (χ0v) is 11.7. The van der Waals surface area contributed by atoms with Gasteiger partial charge >= 0.3 is 0 Å². The standard InChI is InChI=1S/C13H23N3O3/c1-3-5-6-7-14-10-11(13(18)12(10)17)15-8-9-19-16-4-2/h14-16H,3-9H2,1-2H3. The summed E-state index contributed by atoms with van der Waals surface area (Å²) in [5.74, 6) is 0. The summed E-state index contributed by atoms with van der Waals surface area (Å²) >= 11 is 0. The molecule has 0 atom stereocenters. The molecule has 0 aliphatic rings.